The molecule has 6 heteroatoms. The van der Waals surface area contributed by atoms with E-state index in [2.05, 4.69) is 4.90 Å². The Morgan fingerprint density at radius 1 is 1.33 bits per heavy atom. The number of benzene rings is 1. The molecular formula is C15H23ClN2O2S. The molecular weight excluding hydrogens is 308 g/mol. The molecule has 118 valence electrons. The van der Waals surface area contributed by atoms with Gasteiger partial charge in [-0.3, -0.25) is 4.90 Å². The molecule has 0 bridgehead atoms. The van der Waals surface area contributed by atoms with Crippen molar-refractivity contribution in [3.05, 3.63) is 29.3 Å². The molecule has 2 atom stereocenters. The maximum absolute atomic E-state index is 12.4. The molecule has 0 aromatic heterocycles. The number of sulfone groups is 1. The molecule has 0 aliphatic carbocycles. The van der Waals surface area contributed by atoms with Gasteiger partial charge in [0, 0.05) is 23.7 Å². The van der Waals surface area contributed by atoms with Crippen molar-refractivity contribution in [2.75, 3.05) is 18.8 Å². The number of piperidine rings is 1. The van der Waals surface area contributed by atoms with Gasteiger partial charge >= 0.3 is 0 Å². The molecule has 0 amide bonds. The summed E-state index contributed by atoms with van der Waals surface area (Å²) in [5, 5.41) is 0.544. The van der Waals surface area contributed by atoms with Crippen molar-refractivity contribution in [2.24, 2.45) is 5.73 Å². The van der Waals surface area contributed by atoms with Crippen LogP contribution < -0.4 is 5.73 Å². The Morgan fingerprint density at radius 2 is 2.00 bits per heavy atom. The third kappa shape index (κ3) is 4.42. The maximum Gasteiger partial charge on any atom is 0.179 e. The fraction of sp³-hybridized carbons (Fsp3) is 0.600. The van der Waals surface area contributed by atoms with Gasteiger partial charge in [0.05, 0.1) is 10.6 Å². The third-order valence-electron chi connectivity index (χ3n) is 4.09. The van der Waals surface area contributed by atoms with E-state index in [4.69, 9.17) is 17.3 Å². The lowest BCUT2D eigenvalue weighted by molar-refractivity contribution is 0.139. The van der Waals surface area contributed by atoms with Crippen LogP contribution in [0.5, 0.6) is 0 Å². The van der Waals surface area contributed by atoms with Crippen LogP contribution in [0.4, 0.5) is 0 Å². The van der Waals surface area contributed by atoms with E-state index in [-0.39, 0.29) is 11.8 Å². The van der Waals surface area contributed by atoms with Gasteiger partial charge in [0.1, 0.15) is 0 Å². The van der Waals surface area contributed by atoms with Crippen molar-refractivity contribution in [1.82, 2.24) is 4.90 Å². The Hall–Kier alpha value is -0.620. The molecule has 0 radical (unpaired) electrons. The SMILES string of the molecule is CC(N)C1CCCCN1CCS(=O)(=O)c1ccc(Cl)cc1. The Morgan fingerprint density at radius 3 is 2.62 bits per heavy atom. The lowest BCUT2D eigenvalue weighted by Crippen LogP contribution is -2.50. The van der Waals surface area contributed by atoms with Crippen LogP contribution in [0.25, 0.3) is 0 Å². The number of likely N-dealkylation sites (tertiary alicyclic amines) is 1. The summed E-state index contributed by atoms with van der Waals surface area (Å²) in [7, 11) is -3.27. The van der Waals surface area contributed by atoms with E-state index in [1.165, 1.54) is 6.42 Å². The molecule has 2 rings (SSSR count). The van der Waals surface area contributed by atoms with E-state index in [1.807, 2.05) is 6.92 Å². The molecule has 0 saturated carbocycles. The standard InChI is InChI=1S/C15H23ClN2O2S/c1-12(17)15-4-2-3-9-18(15)10-11-21(19,20)14-7-5-13(16)6-8-14/h5-8,12,15H,2-4,9-11,17H2,1H3. The molecule has 1 heterocycles. The van der Waals surface area contributed by atoms with E-state index >= 15 is 0 Å². The highest BCUT2D eigenvalue weighted by atomic mass is 35.5. The van der Waals surface area contributed by atoms with Crippen LogP contribution in [-0.4, -0.2) is 44.2 Å². The fourth-order valence-electron chi connectivity index (χ4n) is 2.89. The van der Waals surface area contributed by atoms with Crippen LogP contribution in [0.15, 0.2) is 29.2 Å². The van der Waals surface area contributed by atoms with Gasteiger partial charge in [-0.05, 0) is 50.6 Å². The van der Waals surface area contributed by atoms with Crippen molar-refractivity contribution in [3.63, 3.8) is 0 Å². The van der Waals surface area contributed by atoms with Crippen molar-refractivity contribution < 1.29 is 8.42 Å². The first-order valence-corrected chi connectivity index (χ1v) is 9.41. The van der Waals surface area contributed by atoms with Gasteiger partial charge in [-0.1, -0.05) is 18.0 Å². The lowest BCUT2D eigenvalue weighted by atomic mass is 9.97. The van der Waals surface area contributed by atoms with Crippen molar-refractivity contribution in [2.45, 2.75) is 43.2 Å². The highest BCUT2D eigenvalue weighted by Crippen LogP contribution is 2.20. The number of nitrogens with zero attached hydrogens (tertiary/aromatic N) is 1. The molecule has 1 aliphatic heterocycles. The van der Waals surface area contributed by atoms with Gasteiger partial charge in [-0.2, -0.15) is 0 Å². The number of hydrogen-bond donors (Lipinski definition) is 1. The Kier molecular flexibility index (Phi) is 5.66. The number of rotatable bonds is 5. The number of nitrogens with two attached hydrogens (primary N) is 1. The lowest BCUT2D eigenvalue weighted by Gasteiger charge is -2.37. The Labute approximate surface area is 132 Å². The molecule has 1 aromatic carbocycles. The van der Waals surface area contributed by atoms with E-state index in [0.29, 0.717) is 22.5 Å². The Bertz CT molecular complexity index is 558. The average Bonchev–Trinajstić information content (AvgIpc) is 2.46. The van der Waals surface area contributed by atoms with Gasteiger partial charge in [-0.25, -0.2) is 8.42 Å². The molecule has 1 fully saturated rings. The van der Waals surface area contributed by atoms with Gasteiger partial charge in [0.25, 0.3) is 0 Å². The van der Waals surface area contributed by atoms with Crippen molar-refractivity contribution in [3.8, 4) is 0 Å². The summed E-state index contributed by atoms with van der Waals surface area (Å²) in [6.07, 6.45) is 3.34. The molecule has 2 N–H and O–H groups in total. The van der Waals surface area contributed by atoms with Crippen molar-refractivity contribution in [1.29, 1.82) is 0 Å². The first-order chi connectivity index (χ1) is 9.90. The molecule has 1 aromatic rings. The predicted octanol–water partition coefficient (Wildman–Crippen LogP) is 2.32. The summed E-state index contributed by atoms with van der Waals surface area (Å²) in [4.78, 5) is 2.56. The molecule has 0 spiro atoms. The normalized spacial score (nSPS) is 22.1. The molecule has 2 unspecified atom stereocenters. The zero-order valence-corrected chi connectivity index (χ0v) is 13.9. The van der Waals surface area contributed by atoms with Gasteiger partial charge < -0.3 is 5.73 Å². The quantitative estimate of drug-likeness (QED) is 0.900. The molecule has 21 heavy (non-hydrogen) atoms. The summed E-state index contributed by atoms with van der Waals surface area (Å²) in [5.41, 5.74) is 6.02. The second kappa shape index (κ2) is 7.09. The maximum atomic E-state index is 12.4. The molecule has 1 saturated heterocycles. The van der Waals surface area contributed by atoms with E-state index < -0.39 is 9.84 Å². The van der Waals surface area contributed by atoms with Crippen LogP contribution in [-0.2, 0) is 9.84 Å². The average molecular weight is 331 g/mol. The Balaban J connectivity index is 2.02. The zero-order chi connectivity index (χ0) is 15.5. The van der Waals surface area contributed by atoms with E-state index in [1.54, 1.807) is 24.3 Å². The topological polar surface area (TPSA) is 63.4 Å². The summed E-state index contributed by atoms with van der Waals surface area (Å²) >= 11 is 5.80. The van der Waals surface area contributed by atoms with Crippen LogP contribution in [0.1, 0.15) is 26.2 Å². The fourth-order valence-corrected chi connectivity index (χ4v) is 4.27. The summed E-state index contributed by atoms with van der Waals surface area (Å²) in [5.74, 6) is 0.123. The highest BCUT2D eigenvalue weighted by molar-refractivity contribution is 7.91. The first-order valence-electron chi connectivity index (χ1n) is 7.38. The molecule has 1 aliphatic rings. The van der Waals surface area contributed by atoms with E-state index in [9.17, 15) is 8.42 Å². The first kappa shape index (κ1) is 16.7. The van der Waals surface area contributed by atoms with Crippen LogP contribution in [0, 0.1) is 0 Å². The summed E-state index contributed by atoms with van der Waals surface area (Å²) in [6, 6.07) is 6.72. The predicted molar refractivity (Wildman–Crippen MR) is 86.4 cm³/mol. The minimum Gasteiger partial charge on any atom is -0.327 e. The van der Waals surface area contributed by atoms with Crippen molar-refractivity contribution >= 4 is 21.4 Å². The number of halogens is 1. The number of hydrogen-bond acceptors (Lipinski definition) is 4. The van der Waals surface area contributed by atoms with E-state index in [0.717, 1.165) is 19.4 Å². The monoisotopic (exact) mass is 330 g/mol. The van der Waals surface area contributed by atoms with Crippen LogP contribution in [0.2, 0.25) is 5.02 Å². The third-order valence-corrected chi connectivity index (χ3v) is 6.05. The van der Waals surface area contributed by atoms with Gasteiger partial charge in [-0.15, -0.1) is 0 Å². The van der Waals surface area contributed by atoms with Gasteiger partial charge in [0.15, 0.2) is 9.84 Å². The minimum absolute atomic E-state index is 0.0727. The smallest absolute Gasteiger partial charge is 0.179 e. The van der Waals surface area contributed by atoms with Gasteiger partial charge in [0.2, 0.25) is 0 Å². The van der Waals surface area contributed by atoms with Crippen LogP contribution in [0.3, 0.4) is 0 Å². The second-order valence-electron chi connectivity index (χ2n) is 5.73. The van der Waals surface area contributed by atoms with Crippen LogP contribution >= 0.6 is 11.6 Å². The largest absolute Gasteiger partial charge is 0.327 e. The summed E-state index contributed by atoms with van der Waals surface area (Å²) < 4.78 is 24.7. The second-order valence-corrected chi connectivity index (χ2v) is 8.28. The zero-order valence-electron chi connectivity index (χ0n) is 12.3. The minimum atomic E-state index is -3.27. The summed E-state index contributed by atoms with van der Waals surface area (Å²) in [6.45, 7) is 3.47. The highest BCUT2D eigenvalue weighted by Gasteiger charge is 2.26. The molecule has 4 nitrogen and oxygen atoms in total.